The first kappa shape index (κ1) is 25.3. The van der Waals surface area contributed by atoms with E-state index in [-0.39, 0.29) is 12.1 Å². The summed E-state index contributed by atoms with van der Waals surface area (Å²) in [5.74, 6) is 1.09. The van der Waals surface area contributed by atoms with E-state index in [1.165, 1.54) is 0 Å². The maximum atomic E-state index is 12.1. The van der Waals surface area contributed by atoms with Crippen LogP contribution in [-0.2, 0) is 16.1 Å². The lowest BCUT2D eigenvalue weighted by Gasteiger charge is -2.31. The minimum absolute atomic E-state index is 0.151. The number of hydrogen-bond donors (Lipinski definition) is 0. The maximum absolute atomic E-state index is 12.1. The zero-order valence-electron chi connectivity index (χ0n) is 21.5. The van der Waals surface area contributed by atoms with E-state index in [0.717, 1.165) is 82.3 Å². The van der Waals surface area contributed by atoms with Crippen LogP contribution in [0.3, 0.4) is 0 Å². The van der Waals surface area contributed by atoms with Crippen molar-refractivity contribution in [3.05, 3.63) is 63.9 Å². The fraction of sp³-hybridized carbons (Fsp3) is 0.414. The second kappa shape index (κ2) is 10.7. The number of anilines is 1. The summed E-state index contributed by atoms with van der Waals surface area (Å²) >= 11 is 8.19. The van der Waals surface area contributed by atoms with Gasteiger partial charge in [0.05, 0.1) is 40.1 Å². The molecule has 0 radical (unpaired) electrons. The molecule has 2 fully saturated rings. The highest BCUT2D eigenvalue weighted by atomic mass is 35.5. The molecule has 38 heavy (non-hydrogen) atoms. The van der Waals surface area contributed by atoms with Gasteiger partial charge in [-0.2, -0.15) is 0 Å². The molecule has 2 aromatic carbocycles. The van der Waals surface area contributed by atoms with E-state index in [1.54, 1.807) is 17.4 Å². The number of thiazole rings is 1. The molecule has 0 unspecified atom stereocenters. The predicted octanol–water partition coefficient (Wildman–Crippen LogP) is 7.15. The van der Waals surface area contributed by atoms with Crippen LogP contribution in [0.5, 0.6) is 0 Å². The van der Waals surface area contributed by atoms with Gasteiger partial charge in [-0.15, -0.1) is 0 Å². The van der Waals surface area contributed by atoms with Crippen LogP contribution < -0.4 is 4.90 Å². The highest BCUT2D eigenvalue weighted by molar-refractivity contribution is 7.22. The number of hydrogen-bond acceptors (Lipinski definition) is 8. The number of ether oxygens (including phenoxy) is 2. The minimum atomic E-state index is -0.298. The standard InChI is InChI=1S/C29H30ClN3O4S/c1-3-35-28(34)19-9-10-23-24(15-19)38-29(31-23)33-13-11-20(12-14-33)36-16-21-26(32-37-27(21)18-7-8-18)25-17(2)5-4-6-22(25)30/h4-6,9-10,15,18,20H,3,7-8,11-14,16H2,1-2H3. The van der Waals surface area contributed by atoms with Crippen molar-refractivity contribution < 1.29 is 18.8 Å². The van der Waals surface area contributed by atoms with Crippen LogP contribution in [0.25, 0.3) is 21.5 Å². The second-order valence-electron chi connectivity index (χ2n) is 9.98. The lowest BCUT2D eigenvalue weighted by Crippen LogP contribution is -2.36. The Labute approximate surface area is 230 Å². The van der Waals surface area contributed by atoms with Crippen molar-refractivity contribution in [3.63, 3.8) is 0 Å². The maximum Gasteiger partial charge on any atom is 0.338 e. The van der Waals surface area contributed by atoms with E-state index < -0.39 is 0 Å². The smallest absolute Gasteiger partial charge is 0.338 e. The van der Waals surface area contributed by atoms with Gasteiger partial charge in [-0.1, -0.05) is 40.2 Å². The molecule has 1 saturated heterocycles. The molecule has 1 aliphatic carbocycles. The summed E-state index contributed by atoms with van der Waals surface area (Å²) in [5.41, 5.74) is 5.32. The van der Waals surface area contributed by atoms with Gasteiger partial charge in [-0.05, 0) is 69.4 Å². The summed E-state index contributed by atoms with van der Waals surface area (Å²) in [7, 11) is 0. The van der Waals surface area contributed by atoms with Crippen LogP contribution in [0, 0.1) is 6.92 Å². The van der Waals surface area contributed by atoms with Gasteiger partial charge < -0.3 is 18.9 Å². The fourth-order valence-electron chi connectivity index (χ4n) is 5.06. The normalized spacial score (nSPS) is 16.3. The Morgan fingerprint density at radius 1 is 1.18 bits per heavy atom. The van der Waals surface area contributed by atoms with Gasteiger partial charge in [-0.25, -0.2) is 9.78 Å². The van der Waals surface area contributed by atoms with Gasteiger partial charge in [0.1, 0.15) is 11.5 Å². The average molecular weight is 552 g/mol. The van der Waals surface area contributed by atoms with Crippen LogP contribution in [0.4, 0.5) is 5.13 Å². The molecule has 0 N–H and O–H groups in total. The molecule has 2 aliphatic rings. The van der Waals surface area contributed by atoms with Crippen LogP contribution in [0.1, 0.15) is 65.8 Å². The van der Waals surface area contributed by atoms with E-state index in [9.17, 15) is 4.79 Å². The van der Waals surface area contributed by atoms with Crippen molar-refractivity contribution in [1.29, 1.82) is 0 Å². The molecule has 0 atom stereocenters. The first-order valence-electron chi connectivity index (χ1n) is 13.2. The summed E-state index contributed by atoms with van der Waals surface area (Å²) in [4.78, 5) is 19.2. The van der Waals surface area contributed by atoms with Crippen LogP contribution in [0.15, 0.2) is 40.9 Å². The SMILES string of the molecule is CCOC(=O)c1ccc2nc(N3CCC(OCc4c(-c5c(C)cccc5Cl)noc4C4CC4)CC3)sc2c1. The molecule has 1 aliphatic heterocycles. The Morgan fingerprint density at radius 3 is 2.74 bits per heavy atom. The molecular weight excluding hydrogens is 522 g/mol. The number of carbonyl (C=O) groups excluding carboxylic acids is 1. The van der Waals surface area contributed by atoms with Crippen molar-refractivity contribution in [2.24, 2.45) is 0 Å². The number of rotatable bonds is 8. The number of carbonyl (C=O) groups is 1. The van der Waals surface area contributed by atoms with Gasteiger partial charge in [0, 0.05) is 30.1 Å². The Kier molecular flexibility index (Phi) is 7.12. The third-order valence-electron chi connectivity index (χ3n) is 7.29. The Balaban J connectivity index is 1.12. The summed E-state index contributed by atoms with van der Waals surface area (Å²) in [5, 5.41) is 6.11. The lowest BCUT2D eigenvalue weighted by atomic mass is 10.0. The zero-order chi connectivity index (χ0) is 26.2. The molecule has 3 heterocycles. The molecule has 4 aromatic rings. The van der Waals surface area contributed by atoms with Gasteiger partial charge in [0.15, 0.2) is 5.13 Å². The summed E-state index contributed by atoms with van der Waals surface area (Å²) < 4.78 is 18.4. The van der Waals surface area contributed by atoms with Crippen LogP contribution in [0.2, 0.25) is 5.02 Å². The molecule has 198 valence electrons. The minimum Gasteiger partial charge on any atom is -0.462 e. The van der Waals surface area contributed by atoms with E-state index in [0.29, 0.717) is 29.7 Å². The summed E-state index contributed by atoms with van der Waals surface area (Å²) in [6.45, 7) is 6.42. The number of nitrogens with zero attached hydrogens (tertiary/aromatic N) is 3. The lowest BCUT2D eigenvalue weighted by molar-refractivity contribution is 0.0246. The number of fused-ring (bicyclic) bond motifs is 1. The number of esters is 1. The quantitative estimate of drug-likeness (QED) is 0.215. The molecule has 1 saturated carbocycles. The number of aromatic nitrogens is 2. The summed E-state index contributed by atoms with van der Waals surface area (Å²) in [6.07, 6.45) is 4.23. The third kappa shape index (κ3) is 5.05. The largest absolute Gasteiger partial charge is 0.462 e. The molecule has 7 nitrogen and oxygen atoms in total. The molecule has 2 aromatic heterocycles. The highest BCUT2D eigenvalue weighted by Gasteiger charge is 2.34. The molecule has 6 rings (SSSR count). The van der Waals surface area contributed by atoms with Crippen molar-refractivity contribution in [2.45, 2.75) is 58.2 Å². The Hall–Kier alpha value is -2.94. The zero-order valence-corrected chi connectivity index (χ0v) is 23.1. The highest BCUT2D eigenvalue weighted by Crippen LogP contribution is 2.45. The monoisotopic (exact) mass is 551 g/mol. The van der Waals surface area contributed by atoms with E-state index in [2.05, 4.69) is 10.1 Å². The van der Waals surface area contributed by atoms with Crippen molar-refractivity contribution in [2.75, 3.05) is 24.6 Å². The Bertz CT molecular complexity index is 1450. The number of aryl methyl sites for hydroxylation is 1. The van der Waals surface area contributed by atoms with Crippen molar-refractivity contribution >= 4 is 44.3 Å². The fourth-order valence-corrected chi connectivity index (χ4v) is 6.43. The van der Waals surface area contributed by atoms with E-state index in [1.807, 2.05) is 44.2 Å². The third-order valence-corrected chi connectivity index (χ3v) is 8.68. The summed E-state index contributed by atoms with van der Waals surface area (Å²) in [6, 6.07) is 11.5. The first-order valence-corrected chi connectivity index (χ1v) is 14.4. The molecular formula is C29H30ClN3O4S. The van der Waals surface area contributed by atoms with Crippen LogP contribution in [-0.4, -0.2) is 41.9 Å². The Morgan fingerprint density at radius 2 is 2.00 bits per heavy atom. The van der Waals surface area contributed by atoms with Gasteiger partial charge in [-0.3, -0.25) is 0 Å². The molecule has 0 spiro atoms. The van der Waals surface area contributed by atoms with Gasteiger partial charge >= 0.3 is 5.97 Å². The topological polar surface area (TPSA) is 77.7 Å². The number of piperidine rings is 1. The molecule has 9 heteroatoms. The van der Waals surface area contributed by atoms with E-state index in [4.69, 9.17) is 30.6 Å². The van der Waals surface area contributed by atoms with Crippen molar-refractivity contribution in [1.82, 2.24) is 10.1 Å². The average Bonchev–Trinajstić information content (AvgIpc) is 3.54. The second-order valence-corrected chi connectivity index (χ2v) is 11.4. The predicted molar refractivity (Wildman–Crippen MR) is 149 cm³/mol. The van der Waals surface area contributed by atoms with Gasteiger partial charge in [0.25, 0.3) is 0 Å². The van der Waals surface area contributed by atoms with E-state index >= 15 is 0 Å². The number of benzene rings is 2. The van der Waals surface area contributed by atoms with Crippen molar-refractivity contribution in [3.8, 4) is 11.3 Å². The molecule has 0 bridgehead atoms. The molecule has 0 amide bonds. The first-order chi connectivity index (χ1) is 18.5. The number of halogens is 1. The van der Waals surface area contributed by atoms with Gasteiger partial charge in [0.2, 0.25) is 0 Å². The van der Waals surface area contributed by atoms with Crippen LogP contribution >= 0.6 is 22.9 Å².